The number of benzene rings is 1. The second-order valence-electron chi connectivity index (χ2n) is 4.50. The second-order valence-corrected chi connectivity index (χ2v) is 6.50. The maximum Gasteiger partial charge on any atom is 0.337 e. The zero-order valence-electron chi connectivity index (χ0n) is 11.0. The van der Waals surface area contributed by atoms with Crippen LogP contribution in [0.25, 0.3) is 0 Å². The second kappa shape index (κ2) is 5.97. The van der Waals surface area contributed by atoms with Crippen LogP contribution in [-0.2, 0) is 26.1 Å². The predicted octanol–water partition coefficient (Wildman–Crippen LogP) is 1.59. The van der Waals surface area contributed by atoms with Crippen LogP contribution in [0.2, 0.25) is 0 Å². The SMILES string of the molecule is COC(=O)c1cccc(CS(=O)C(C)(C)C(=O)O)c1. The zero-order valence-corrected chi connectivity index (χ0v) is 11.8. The van der Waals surface area contributed by atoms with E-state index in [0.717, 1.165) is 0 Å². The molecule has 1 atom stereocenters. The lowest BCUT2D eigenvalue weighted by Gasteiger charge is -2.18. The summed E-state index contributed by atoms with van der Waals surface area (Å²) in [6.07, 6.45) is 0. The Kier molecular flexibility index (Phi) is 4.83. The first kappa shape index (κ1) is 15.4. The molecule has 104 valence electrons. The fourth-order valence-corrected chi connectivity index (χ4v) is 2.37. The quantitative estimate of drug-likeness (QED) is 0.830. The Morgan fingerprint density at radius 1 is 1.37 bits per heavy atom. The topological polar surface area (TPSA) is 80.7 Å². The van der Waals surface area contributed by atoms with Crippen molar-refractivity contribution in [1.29, 1.82) is 0 Å². The minimum Gasteiger partial charge on any atom is -0.480 e. The highest BCUT2D eigenvalue weighted by Crippen LogP contribution is 2.18. The first-order valence-corrected chi connectivity index (χ1v) is 6.90. The normalized spacial score (nSPS) is 12.8. The first-order valence-electron chi connectivity index (χ1n) is 5.58. The highest BCUT2D eigenvalue weighted by atomic mass is 32.2. The van der Waals surface area contributed by atoms with Crippen molar-refractivity contribution in [2.24, 2.45) is 0 Å². The molecule has 0 spiro atoms. The summed E-state index contributed by atoms with van der Waals surface area (Å²) >= 11 is 0. The van der Waals surface area contributed by atoms with Crippen LogP contribution in [0.1, 0.15) is 29.8 Å². The lowest BCUT2D eigenvalue weighted by Crippen LogP contribution is -2.37. The first-order chi connectivity index (χ1) is 8.78. The average Bonchev–Trinajstić information content (AvgIpc) is 2.37. The van der Waals surface area contributed by atoms with E-state index in [1.54, 1.807) is 24.3 Å². The lowest BCUT2D eigenvalue weighted by molar-refractivity contribution is -0.139. The van der Waals surface area contributed by atoms with E-state index in [1.165, 1.54) is 21.0 Å². The van der Waals surface area contributed by atoms with Crippen LogP contribution in [-0.4, -0.2) is 33.1 Å². The monoisotopic (exact) mass is 284 g/mol. The van der Waals surface area contributed by atoms with Crippen LogP contribution < -0.4 is 0 Å². The summed E-state index contributed by atoms with van der Waals surface area (Å²) in [4.78, 5) is 22.4. The van der Waals surface area contributed by atoms with Gasteiger partial charge in [0, 0.05) is 16.6 Å². The van der Waals surface area contributed by atoms with Crippen molar-refractivity contribution in [2.75, 3.05) is 7.11 Å². The van der Waals surface area contributed by atoms with Gasteiger partial charge in [-0.05, 0) is 31.5 Å². The molecule has 0 aliphatic carbocycles. The fourth-order valence-electron chi connectivity index (χ4n) is 1.34. The van der Waals surface area contributed by atoms with Gasteiger partial charge in [-0.15, -0.1) is 0 Å². The number of esters is 1. The molecule has 0 amide bonds. The average molecular weight is 284 g/mol. The van der Waals surface area contributed by atoms with E-state index in [1.807, 2.05) is 0 Å². The number of carbonyl (C=O) groups is 2. The van der Waals surface area contributed by atoms with Gasteiger partial charge >= 0.3 is 11.9 Å². The van der Waals surface area contributed by atoms with Crippen LogP contribution >= 0.6 is 0 Å². The molecule has 5 nitrogen and oxygen atoms in total. The molecule has 1 unspecified atom stereocenters. The summed E-state index contributed by atoms with van der Waals surface area (Å²) in [7, 11) is -0.308. The summed E-state index contributed by atoms with van der Waals surface area (Å²) in [6, 6.07) is 6.48. The molecule has 0 bridgehead atoms. The highest BCUT2D eigenvalue weighted by Gasteiger charge is 2.34. The third kappa shape index (κ3) is 3.64. The maximum absolute atomic E-state index is 12.0. The number of hydrogen-bond acceptors (Lipinski definition) is 4. The Morgan fingerprint density at radius 3 is 2.53 bits per heavy atom. The van der Waals surface area contributed by atoms with Crippen molar-refractivity contribution in [3.63, 3.8) is 0 Å². The predicted molar refractivity (Wildman–Crippen MR) is 71.3 cm³/mol. The van der Waals surface area contributed by atoms with Crippen molar-refractivity contribution < 1.29 is 23.6 Å². The summed E-state index contributed by atoms with van der Waals surface area (Å²) in [5.74, 6) is -1.52. The van der Waals surface area contributed by atoms with Crippen LogP contribution in [0.5, 0.6) is 0 Å². The van der Waals surface area contributed by atoms with Gasteiger partial charge in [-0.2, -0.15) is 0 Å². The Bertz CT molecular complexity index is 522. The molecule has 19 heavy (non-hydrogen) atoms. The Hall–Kier alpha value is -1.69. The molecule has 1 N–H and O–H groups in total. The van der Waals surface area contributed by atoms with Crippen LogP contribution in [0.3, 0.4) is 0 Å². The third-order valence-corrected chi connectivity index (χ3v) is 4.64. The summed E-state index contributed by atoms with van der Waals surface area (Å²) in [6.45, 7) is 2.82. The molecule has 0 aliphatic rings. The van der Waals surface area contributed by atoms with E-state index in [0.29, 0.717) is 11.1 Å². The van der Waals surface area contributed by atoms with E-state index in [9.17, 15) is 13.8 Å². The molecule has 1 rings (SSSR count). The van der Waals surface area contributed by atoms with Crippen LogP contribution in [0.4, 0.5) is 0 Å². The van der Waals surface area contributed by atoms with Gasteiger partial charge in [0.05, 0.1) is 12.7 Å². The number of carboxylic acid groups (broad SMARTS) is 1. The molecular formula is C13H16O5S. The summed E-state index contributed by atoms with van der Waals surface area (Å²) < 4.78 is 15.3. The maximum atomic E-state index is 12.0. The van der Waals surface area contributed by atoms with Gasteiger partial charge in [-0.25, -0.2) is 4.79 Å². The molecule has 0 saturated heterocycles. The Balaban J connectivity index is 2.92. The van der Waals surface area contributed by atoms with Gasteiger partial charge in [0.1, 0.15) is 4.75 Å². The molecule has 6 heteroatoms. The Labute approximate surface area is 114 Å². The van der Waals surface area contributed by atoms with Crippen LogP contribution in [0.15, 0.2) is 24.3 Å². The molecular weight excluding hydrogens is 268 g/mol. The molecule has 1 aromatic carbocycles. The number of carboxylic acids is 1. The number of carbonyl (C=O) groups excluding carboxylic acids is 1. The smallest absolute Gasteiger partial charge is 0.337 e. The van der Waals surface area contributed by atoms with Gasteiger partial charge < -0.3 is 9.84 Å². The van der Waals surface area contributed by atoms with Crippen molar-refractivity contribution in [3.05, 3.63) is 35.4 Å². The number of ether oxygens (including phenoxy) is 1. The van der Waals surface area contributed by atoms with E-state index >= 15 is 0 Å². The molecule has 0 aromatic heterocycles. The zero-order chi connectivity index (χ0) is 14.6. The van der Waals surface area contributed by atoms with Gasteiger partial charge in [-0.1, -0.05) is 12.1 Å². The molecule has 0 radical (unpaired) electrons. The fraction of sp³-hybridized carbons (Fsp3) is 0.385. The van der Waals surface area contributed by atoms with Crippen molar-refractivity contribution in [1.82, 2.24) is 0 Å². The van der Waals surface area contributed by atoms with Crippen LogP contribution in [0, 0.1) is 0 Å². The number of hydrogen-bond donors (Lipinski definition) is 1. The van der Waals surface area contributed by atoms with E-state index in [2.05, 4.69) is 4.74 Å². The number of aliphatic carboxylic acids is 1. The summed E-state index contributed by atoms with van der Waals surface area (Å²) in [5.41, 5.74) is 0.987. The minimum absolute atomic E-state index is 0.0735. The number of rotatable bonds is 5. The number of methoxy groups -OCH3 is 1. The van der Waals surface area contributed by atoms with Crippen molar-refractivity contribution in [2.45, 2.75) is 24.3 Å². The minimum atomic E-state index is -1.59. The van der Waals surface area contributed by atoms with Crippen molar-refractivity contribution in [3.8, 4) is 0 Å². The van der Waals surface area contributed by atoms with Gasteiger partial charge in [0.2, 0.25) is 0 Å². The highest BCUT2D eigenvalue weighted by molar-refractivity contribution is 7.86. The van der Waals surface area contributed by atoms with Gasteiger partial charge in [-0.3, -0.25) is 9.00 Å². The van der Waals surface area contributed by atoms with E-state index < -0.39 is 27.5 Å². The molecule has 0 aliphatic heterocycles. The summed E-state index contributed by atoms with van der Waals surface area (Å²) in [5, 5.41) is 9.00. The van der Waals surface area contributed by atoms with Gasteiger partial charge in [0.25, 0.3) is 0 Å². The standard InChI is InChI=1S/C13H16O5S/c1-13(2,12(15)16)19(17)8-9-5-4-6-10(7-9)11(14)18-3/h4-7H,8H2,1-3H3,(H,15,16). The molecule has 0 heterocycles. The van der Waals surface area contributed by atoms with Gasteiger partial charge in [0.15, 0.2) is 0 Å². The van der Waals surface area contributed by atoms with E-state index in [4.69, 9.17) is 5.11 Å². The molecule has 0 saturated carbocycles. The third-order valence-electron chi connectivity index (χ3n) is 2.73. The van der Waals surface area contributed by atoms with E-state index in [-0.39, 0.29) is 5.75 Å². The molecule has 1 aromatic rings. The molecule has 0 fully saturated rings. The largest absolute Gasteiger partial charge is 0.480 e. The van der Waals surface area contributed by atoms with Crippen molar-refractivity contribution >= 4 is 22.7 Å². The Morgan fingerprint density at radius 2 is 2.00 bits per heavy atom. The lowest BCUT2D eigenvalue weighted by atomic mass is 10.1.